The molecule has 3 nitrogen and oxygen atoms in total. The first-order chi connectivity index (χ1) is 4.76. The normalized spacial score (nSPS) is 41.0. The zero-order chi connectivity index (χ0) is 7.19. The molecule has 0 amide bonds. The third-order valence-electron chi connectivity index (χ3n) is 1.76. The average molecular weight is 138 g/mol. The minimum Gasteiger partial charge on any atom is -0.479 e. The van der Waals surface area contributed by atoms with Crippen molar-refractivity contribution >= 4 is 5.97 Å². The number of fused-ring (bicyclic) bond motifs is 1. The Hall–Kier alpha value is -1.09. The quantitative estimate of drug-likeness (QED) is 0.531. The summed E-state index contributed by atoms with van der Waals surface area (Å²) in [7, 11) is 0. The molecule has 10 heavy (non-hydrogen) atoms. The Morgan fingerprint density at radius 3 is 2.90 bits per heavy atom. The first kappa shape index (κ1) is 5.68. The van der Waals surface area contributed by atoms with Crippen molar-refractivity contribution in [3.8, 4) is 0 Å². The van der Waals surface area contributed by atoms with Gasteiger partial charge in [-0.15, -0.1) is 0 Å². The fraction of sp³-hybridized carbons (Fsp3) is 0.286. The van der Waals surface area contributed by atoms with E-state index < -0.39 is 11.6 Å². The Morgan fingerprint density at radius 1 is 1.60 bits per heavy atom. The number of hydrogen-bond acceptors (Lipinski definition) is 2. The Morgan fingerprint density at radius 2 is 2.40 bits per heavy atom. The summed E-state index contributed by atoms with van der Waals surface area (Å²) < 4.78 is 4.95. The number of rotatable bonds is 1. The lowest BCUT2D eigenvalue weighted by Gasteiger charge is -1.99. The summed E-state index contributed by atoms with van der Waals surface area (Å²) >= 11 is 0. The summed E-state index contributed by atoms with van der Waals surface area (Å²) in [5, 5.41) is 8.63. The molecule has 2 unspecified atom stereocenters. The number of carbonyl (C=O) groups is 1. The number of hydrogen-bond donors (Lipinski definition) is 1. The van der Waals surface area contributed by atoms with Gasteiger partial charge >= 0.3 is 5.97 Å². The Balaban J connectivity index is 2.31. The maximum Gasteiger partial charge on any atom is 0.343 e. The average Bonchev–Trinajstić information content (AvgIpc) is 2.61. The summed E-state index contributed by atoms with van der Waals surface area (Å²) in [4.78, 5) is 10.5. The van der Waals surface area contributed by atoms with E-state index in [2.05, 4.69) is 0 Å². The van der Waals surface area contributed by atoms with Crippen molar-refractivity contribution in [1.82, 2.24) is 0 Å². The molecule has 0 bridgehead atoms. The molecule has 0 aromatic carbocycles. The van der Waals surface area contributed by atoms with Crippen molar-refractivity contribution in [3.63, 3.8) is 0 Å². The molecule has 1 fully saturated rings. The maximum atomic E-state index is 10.5. The molecule has 1 saturated heterocycles. The predicted octanol–water partition coefficient (Wildman–Crippen LogP) is 0.335. The van der Waals surface area contributed by atoms with Gasteiger partial charge in [0.2, 0.25) is 5.60 Å². The van der Waals surface area contributed by atoms with Crippen molar-refractivity contribution in [2.75, 3.05) is 0 Å². The van der Waals surface area contributed by atoms with Crippen LogP contribution in [0.5, 0.6) is 0 Å². The summed E-state index contributed by atoms with van der Waals surface area (Å²) in [6.45, 7) is 0. The first-order valence-electron chi connectivity index (χ1n) is 3.03. The van der Waals surface area contributed by atoms with Gasteiger partial charge in [-0.05, 0) is 6.08 Å². The van der Waals surface area contributed by atoms with E-state index in [-0.39, 0.29) is 6.10 Å². The van der Waals surface area contributed by atoms with Crippen LogP contribution in [0.4, 0.5) is 0 Å². The largest absolute Gasteiger partial charge is 0.479 e. The van der Waals surface area contributed by atoms with Gasteiger partial charge in [-0.1, -0.05) is 18.2 Å². The molecule has 2 rings (SSSR count). The Kier molecular flexibility index (Phi) is 0.847. The molecular formula is C7H6O3. The highest BCUT2D eigenvalue weighted by Gasteiger charge is 2.60. The third-order valence-corrected chi connectivity index (χ3v) is 1.76. The number of aliphatic carboxylic acids is 1. The topological polar surface area (TPSA) is 49.8 Å². The number of allylic oxidation sites excluding steroid dienone is 2. The van der Waals surface area contributed by atoms with Crippen LogP contribution in [0.2, 0.25) is 0 Å². The van der Waals surface area contributed by atoms with E-state index in [4.69, 9.17) is 9.84 Å². The lowest BCUT2D eigenvalue weighted by molar-refractivity contribution is -0.141. The van der Waals surface area contributed by atoms with E-state index >= 15 is 0 Å². The minimum absolute atomic E-state index is 0.227. The van der Waals surface area contributed by atoms with Crippen molar-refractivity contribution in [1.29, 1.82) is 0 Å². The number of carboxylic acids is 1. The van der Waals surface area contributed by atoms with E-state index in [9.17, 15) is 4.79 Å². The lowest BCUT2D eigenvalue weighted by atomic mass is 10.0. The molecule has 1 aliphatic carbocycles. The van der Waals surface area contributed by atoms with Crippen LogP contribution in [0, 0.1) is 0 Å². The predicted molar refractivity (Wildman–Crippen MR) is 33.5 cm³/mol. The molecule has 1 N–H and O–H groups in total. The van der Waals surface area contributed by atoms with Gasteiger partial charge in [-0.2, -0.15) is 0 Å². The van der Waals surface area contributed by atoms with Gasteiger partial charge in [0.25, 0.3) is 0 Å². The summed E-state index contributed by atoms with van der Waals surface area (Å²) in [6, 6.07) is 0. The monoisotopic (exact) mass is 138 g/mol. The molecular weight excluding hydrogens is 132 g/mol. The van der Waals surface area contributed by atoms with Gasteiger partial charge < -0.3 is 9.84 Å². The zero-order valence-electron chi connectivity index (χ0n) is 5.15. The molecule has 0 saturated carbocycles. The number of ether oxygens (including phenoxy) is 1. The van der Waals surface area contributed by atoms with Gasteiger partial charge in [0, 0.05) is 0 Å². The van der Waals surface area contributed by atoms with Crippen molar-refractivity contribution in [3.05, 3.63) is 24.3 Å². The van der Waals surface area contributed by atoms with E-state index in [1.807, 2.05) is 0 Å². The summed E-state index contributed by atoms with van der Waals surface area (Å²) in [5.41, 5.74) is -1.01. The van der Waals surface area contributed by atoms with Crippen LogP contribution in [0.3, 0.4) is 0 Å². The summed E-state index contributed by atoms with van der Waals surface area (Å²) in [6.07, 6.45) is 6.57. The maximum absolute atomic E-state index is 10.5. The summed E-state index contributed by atoms with van der Waals surface area (Å²) in [5.74, 6) is -0.905. The van der Waals surface area contributed by atoms with Gasteiger partial charge in [0.05, 0.1) is 0 Å². The minimum atomic E-state index is -1.01. The van der Waals surface area contributed by atoms with Gasteiger partial charge in [0.1, 0.15) is 6.10 Å². The highest BCUT2D eigenvalue weighted by Crippen LogP contribution is 2.41. The molecule has 1 aliphatic heterocycles. The van der Waals surface area contributed by atoms with Crippen LogP contribution in [0.1, 0.15) is 0 Å². The Labute approximate surface area is 57.6 Å². The third kappa shape index (κ3) is 0.503. The van der Waals surface area contributed by atoms with E-state index in [0.29, 0.717) is 0 Å². The van der Waals surface area contributed by atoms with Gasteiger partial charge in [-0.3, -0.25) is 0 Å². The van der Waals surface area contributed by atoms with Crippen LogP contribution >= 0.6 is 0 Å². The fourth-order valence-electron chi connectivity index (χ4n) is 1.10. The fourth-order valence-corrected chi connectivity index (χ4v) is 1.10. The molecule has 0 aromatic rings. The zero-order valence-corrected chi connectivity index (χ0v) is 5.15. The van der Waals surface area contributed by atoms with E-state index in [1.165, 1.54) is 0 Å². The first-order valence-corrected chi connectivity index (χ1v) is 3.03. The van der Waals surface area contributed by atoms with Crippen LogP contribution in [0.15, 0.2) is 24.3 Å². The molecule has 2 aliphatic rings. The second-order valence-electron chi connectivity index (χ2n) is 2.38. The van der Waals surface area contributed by atoms with Crippen LogP contribution in [-0.2, 0) is 9.53 Å². The smallest absolute Gasteiger partial charge is 0.343 e. The molecule has 0 radical (unpaired) electrons. The molecule has 1 heterocycles. The van der Waals surface area contributed by atoms with Crippen molar-refractivity contribution in [2.45, 2.75) is 11.7 Å². The van der Waals surface area contributed by atoms with Crippen LogP contribution in [-0.4, -0.2) is 22.8 Å². The number of epoxide rings is 1. The second-order valence-corrected chi connectivity index (χ2v) is 2.38. The van der Waals surface area contributed by atoms with Gasteiger partial charge in [-0.25, -0.2) is 4.79 Å². The van der Waals surface area contributed by atoms with E-state index in [0.717, 1.165) is 0 Å². The SMILES string of the molecule is O=C(O)C12C=CC=CC1O2. The Bertz CT molecular complexity index is 241. The lowest BCUT2D eigenvalue weighted by Crippen LogP contribution is -2.24. The molecule has 0 aromatic heterocycles. The second kappa shape index (κ2) is 1.49. The molecule has 52 valence electrons. The van der Waals surface area contributed by atoms with E-state index in [1.54, 1.807) is 24.3 Å². The van der Waals surface area contributed by atoms with Crippen molar-refractivity contribution in [2.24, 2.45) is 0 Å². The standard InChI is InChI=1S/C7H6O3/c8-6(9)7-4-2-1-3-5(7)10-7/h1-5H,(H,8,9). The highest BCUT2D eigenvalue weighted by molar-refractivity contribution is 5.85. The highest BCUT2D eigenvalue weighted by atomic mass is 16.6. The van der Waals surface area contributed by atoms with Gasteiger partial charge in [0.15, 0.2) is 0 Å². The van der Waals surface area contributed by atoms with Crippen LogP contribution < -0.4 is 0 Å². The van der Waals surface area contributed by atoms with Crippen molar-refractivity contribution < 1.29 is 14.6 Å². The molecule has 0 spiro atoms. The molecule has 3 heteroatoms. The molecule has 2 atom stereocenters. The van der Waals surface area contributed by atoms with Crippen LogP contribution in [0.25, 0.3) is 0 Å². The number of carboxylic acid groups (broad SMARTS) is 1.